The van der Waals surface area contributed by atoms with Crippen molar-refractivity contribution in [2.75, 3.05) is 6.61 Å². The Bertz CT molecular complexity index is 549. The molecule has 6 nitrogen and oxygen atoms in total. The van der Waals surface area contributed by atoms with Gasteiger partial charge in [-0.05, 0) is 31.2 Å². The molecule has 2 aromatic rings. The summed E-state index contributed by atoms with van der Waals surface area (Å²) in [5.74, 6) is 0.531. The van der Waals surface area contributed by atoms with Gasteiger partial charge in [0.15, 0.2) is 5.82 Å². The van der Waals surface area contributed by atoms with Gasteiger partial charge in [0.1, 0.15) is 12.1 Å². The number of nitrogens with zero attached hydrogens (tertiary/aromatic N) is 3. The highest BCUT2D eigenvalue weighted by Crippen LogP contribution is 2.19. The van der Waals surface area contributed by atoms with Crippen LogP contribution in [0, 0.1) is 0 Å². The quantitative estimate of drug-likeness (QED) is 0.858. The molecule has 0 saturated carbocycles. The van der Waals surface area contributed by atoms with Gasteiger partial charge < -0.3 is 9.84 Å². The Kier molecular flexibility index (Phi) is 4.12. The molecule has 1 aromatic carbocycles. The number of benzene rings is 1. The van der Waals surface area contributed by atoms with E-state index >= 15 is 0 Å². The van der Waals surface area contributed by atoms with Crippen LogP contribution in [0.5, 0.6) is 5.75 Å². The van der Waals surface area contributed by atoms with Crippen molar-refractivity contribution < 1.29 is 14.6 Å². The van der Waals surface area contributed by atoms with Crippen LogP contribution in [0.1, 0.15) is 13.3 Å². The lowest BCUT2D eigenvalue weighted by molar-refractivity contribution is -0.137. The molecule has 2 rings (SSSR count). The number of rotatable bonds is 6. The lowest BCUT2D eigenvalue weighted by atomic mass is 10.2. The Morgan fingerprint density at radius 1 is 1.37 bits per heavy atom. The maximum atomic E-state index is 10.5. The minimum absolute atomic E-state index is 0.0338. The number of aryl methyl sites for hydroxylation is 1. The molecule has 0 bridgehead atoms. The van der Waals surface area contributed by atoms with Crippen LogP contribution in [-0.2, 0) is 11.3 Å². The van der Waals surface area contributed by atoms with Crippen LogP contribution in [0.4, 0.5) is 0 Å². The molecule has 1 N–H and O–H groups in total. The predicted molar refractivity (Wildman–Crippen MR) is 68.9 cm³/mol. The molecule has 0 spiro atoms. The van der Waals surface area contributed by atoms with Crippen molar-refractivity contribution in [2.45, 2.75) is 19.9 Å². The maximum absolute atomic E-state index is 10.5. The third-order valence-electron chi connectivity index (χ3n) is 2.51. The minimum atomic E-state index is -0.849. The van der Waals surface area contributed by atoms with E-state index in [1.807, 2.05) is 31.2 Å². The average Bonchev–Trinajstić information content (AvgIpc) is 2.86. The summed E-state index contributed by atoms with van der Waals surface area (Å²) >= 11 is 0. The lowest BCUT2D eigenvalue weighted by Crippen LogP contribution is -2.04. The maximum Gasteiger partial charge on any atom is 0.305 e. The summed E-state index contributed by atoms with van der Waals surface area (Å²) < 4.78 is 6.88. The Balaban J connectivity index is 2.07. The summed E-state index contributed by atoms with van der Waals surface area (Å²) in [6.45, 7) is 2.88. The largest absolute Gasteiger partial charge is 0.494 e. The fourth-order valence-electron chi connectivity index (χ4n) is 1.61. The van der Waals surface area contributed by atoms with Gasteiger partial charge in [-0.2, -0.15) is 5.10 Å². The zero-order valence-corrected chi connectivity index (χ0v) is 10.6. The second-order valence-electron chi connectivity index (χ2n) is 3.93. The highest BCUT2D eigenvalue weighted by molar-refractivity contribution is 5.66. The SMILES string of the molecule is CCOc1ccc(-c2ncn(CCC(=O)O)n2)cc1. The van der Waals surface area contributed by atoms with Crippen LogP contribution in [0.2, 0.25) is 0 Å². The van der Waals surface area contributed by atoms with E-state index in [-0.39, 0.29) is 6.42 Å². The smallest absolute Gasteiger partial charge is 0.305 e. The van der Waals surface area contributed by atoms with Gasteiger partial charge >= 0.3 is 5.97 Å². The molecule has 0 saturated heterocycles. The first-order chi connectivity index (χ1) is 9.19. The van der Waals surface area contributed by atoms with E-state index in [2.05, 4.69) is 10.1 Å². The number of ether oxygens (including phenoxy) is 1. The Morgan fingerprint density at radius 2 is 2.11 bits per heavy atom. The molecule has 0 aliphatic rings. The van der Waals surface area contributed by atoms with Crippen molar-refractivity contribution >= 4 is 5.97 Å². The van der Waals surface area contributed by atoms with Crippen molar-refractivity contribution in [2.24, 2.45) is 0 Å². The fourth-order valence-corrected chi connectivity index (χ4v) is 1.61. The second-order valence-corrected chi connectivity index (χ2v) is 3.93. The molecule has 19 heavy (non-hydrogen) atoms. The number of aromatic nitrogens is 3. The van der Waals surface area contributed by atoms with Gasteiger partial charge in [-0.25, -0.2) is 4.98 Å². The summed E-state index contributed by atoms with van der Waals surface area (Å²) in [5.41, 5.74) is 0.873. The van der Waals surface area contributed by atoms with E-state index < -0.39 is 5.97 Å². The monoisotopic (exact) mass is 261 g/mol. The van der Waals surface area contributed by atoms with Gasteiger partial charge in [0.2, 0.25) is 0 Å². The van der Waals surface area contributed by atoms with E-state index in [9.17, 15) is 4.79 Å². The fraction of sp³-hybridized carbons (Fsp3) is 0.308. The molecule has 1 aromatic heterocycles. The third-order valence-corrected chi connectivity index (χ3v) is 2.51. The van der Waals surface area contributed by atoms with Gasteiger partial charge in [0.05, 0.1) is 19.6 Å². The zero-order chi connectivity index (χ0) is 13.7. The summed E-state index contributed by atoms with van der Waals surface area (Å²) in [5, 5.41) is 12.8. The number of carboxylic acid groups (broad SMARTS) is 1. The van der Waals surface area contributed by atoms with Crippen molar-refractivity contribution in [3.8, 4) is 17.1 Å². The van der Waals surface area contributed by atoms with E-state index in [0.29, 0.717) is 19.0 Å². The standard InChI is InChI=1S/C13H15N3O3/c1-2-19-11-5-3-10(4-6-11)13-14-9-16(15-13)8-7-12(17)18/h3-6,9H,2,7-8H2,1H3,(H,17,18). The molecule has 0 unspecified atom stereocenters. The first-order valence-corrected chi connectivity index (χ1v) is 6.03. The van der Waals surface area contributed by atoms with Crippen LogP contribution in [-0.4, -0.2) is 32.4 Å². The zero-order valence-electron chi connectivity index (χ0n) is 10.6. The van der Waals surface area contributed by atoms with Gasteiger partial charge in [0, 0.05) is 5.56 Å². The predicted octanol–water partition coefficient (Wildman–Crippen LogP) is 1.82. The molecule has 1 heterocycles. The van der Waals surface area contributed by atoms with E-state index in [1.54, 1.807) is 0 Å². The van der Waals surface area contributed by atoms with Gasteiger partial charge in [-0.15, -0.1) is 0 Å². The summed E-state index contributed by atoms with van der Waals surface area (Å²) in [6, 6.07) is 7.47. The van der Waals surface area contributed by atoms with Crippen LogP contribution in [0.15, 0.2) is 30.6 Å². The number of hydrogen-bond acceptors (Lipinski definition) is 4. The Morgan fingerprint density at radius 3 is 2.74 bits per heavy atom. The Labute approximate surface area is 110 Å². The molecular formula is C13H15N3O3. The highest BCUT2D eigenvalue weighted by atomic mass is 16.5. The van der Waals surface area contributed by atoms with Crippen LogP contribution in [0.3, 0.4) is 0 Å². The normalized spacial score (nSPS) is 10.4. The van der Waals surface area contributed by atoms with Crippen LogP contribution < -0.4 is 4.74 Å². The van der Waals surface area contributed by atoms with Crippen LogP contribution >= 0.6 is 0 Å². The molecule has 0 amide bonds. The van der Waals surface area contributed by atoms with E-state index in [1.165, 1.54) is 11.0 Å². The van der Waals surface area contributed by atoms with E-state index in [0.717, 1.165) is 11.3 Å². The van der Waals surface area contributed by atoms with Gasteiger partial charge in [0.25, 0.3) is 0 Å². The van der Waals surface area contributed by atoms with Crippen molar-refractivity contribution in [3.63, 3.8) is 0 Å². The summed E-state index contributed by atoms with van der Waals surface area (Å²) in [6.07, 6.45) is 1.57. The number of aliphatic carboxylic acids is 1. The lowest BCUT2D eigenvalue weighted by Gasteiger charge is -2.02. The number of carbonyl (C=O) groups is 1. The summed E-state index contributed by atoms with van der Waals surface area (Å²) in [4.78, 5) is 14.6. The highest BCUT2D eigenvalue weighted by Gasteiger charge is 2.05. The van der Waals surface area contributed by atoms with Crippen molar-refractivity contribution in [1.29, 1.82) is 0 Å². The molecular weight excluding hydrogens is 246 g/mol. The minimum Gasteiger partial charge on any atom is -0.494 e. The molecule has 0 radical (unpaired) electrons. The van der Waals surface area contributed by atoms with Crippen LogP contribution in [0.25, 0.3) is 11.4 Å². The third kappa shape index (κ3) is 3.54. The molecule has 0 aliphatic heterocycles. The van der Waals surface area contributed by atoms with Gasteiger partial charge in [-0.1, -0.05) is 0 Å². The molecule has 0 atom stereocenters. The molecule has 0 aliphatic carbocycles. The summed E-state index contributed by atoms with van der Waals surface area (Å²) in [7, 11) is 0. The molecule has 0 fully saturated rings. The average molecular weight is 261 g/mol. The Hall–Kier alpha value is -2.37. The topological polar surface area (TPSA) is 77.2 Å². The molecule has 100 valence electrons. The second kappa shape index (κ2) is 5.99. The van der Waals surface area contributed by atoms with Gasteiger partial charge in [-0.3, -0.25) is 9.48 Å². The van der Waals surface area contributed by atoms with E-state index in [4.69, 9.17) is 9.84 Å². The molecule has 6 heteroatoms. The van der Waals surface area contributed by atoms with Crippen molar-refractivity contribution in [3.05, 3.63) is 30.6 Å². The first kappa shape index (κ1) is 13.1. The number of carboxylic acids is 1. The van der Waals surface area contributed by atoms with Crippen molar-refractivity contribution in [1.82, 2.24) is 14.8 Å². The first-order valence-electron chi connectivity index (χ1n) is 6.03. The number of hydrogen-bond donors (Lipinski definition) is 1.